The fourth-order valence-electron chi connectivity index (χ4n) is 4.24. The average molecular weight is 297 g/mol. The van der Waals surface area contributed by atoms with Crippen LogP contribution in [0.4, 0.5) is 0 Å². The van der Waals surface area contributed by atoms with Gasteiger partial charge in [-0.25, -0.2) is 0 Å². The smallest absolute Gasteiger partial charge is 0.0456 e. The van der Waals surface area contributed by atoms with Crippen LogP contribution < -0.4 is 5.32 Å². The summed E-state index contributed by atoms with van der Waals surface area (Å²) in [6.45, 7) is 5.03. The van der Waals surface area contributed by atoms with E-state index in [1.54, 1.807) is 0 Å². The molecule has 1 aromatic heterocycles. The van der Waals surface area contributed by atoms with Crippen LogP contribution in [0.3, 0.4) is 0 Å². The van der Waals surface area contributed by atoms with E-state index in [1.807, 2.05) is 0 Å². The number of aromatic amines is 1. The first-order valence-corrected chi connectivity index (χ1v) is 8.92. The average Bonchev–Trinajstić information content (AvgIpc) is 3.23. The molecule has 3 heterocycles. The van der Waals surface area contributed by atoms with Gasteiger partial charge in [0, 0.05) is 23.1 Å². The molecule has 2 aromatic rings. The molecule has 2 N–H and O–H groups in total. The number of aromatic nitrogens is 1. The van der Waals surface area contributed by atoms with Crippen LogP contribution in [0.1, 0.15) is 43.6 Å². The van der Waals surface area contributed by atoms with Crippen LogP contribution >= 0.6 is 0 Å². The highest BCUT2D eigenvalue weighted by atomic mass is 15.1. The molecule has 118 valence electrons. The van der Waals surface area contributed by atoms with Crippen molar-refractivity contribution >= 4 is 10.9 Å². The van der Waals surface area contributed by atoms with Gasteiger partial charge in [0.05, 0.1) is 0 Å². The largest absolute Gasteiger partial charge is 0.361 e. The third-order valence-electron chi connectivity index (χ3n) is 5.60. The summed E-state index contributed by atoms with van der Waals surface area (Å²) < 4.78 is 0. The Hall–Kier alpha value is -1.32. The van der Waals surface area contributed by atoms with Crippen molar-refractivity contribution < 1.29 is 0 Å². The molecule has 1 unspecified atom stereocenters. The van der Waals surface area contributed by atoms with Crippen molar-refractivity contribution in [3.63, 3.8) is 0 Å². The van der Waals surface area contributed by atoms with E-state index in [0.29, 0.717) is 0 Å². The van der Waals surface area contributed by atoms with Crippen molar-refractivity contribution in [1.82, 2.24) is 15.2 Å². The first kappa shape index (κ1) is 14.3. The van der Waals surface area contributed by atoms with Gasteiger partial charge >= 0.3 is 0 Å². The summed E-state index contributed by atoms with van der Waals surface area (Å²) in [6, 6.07) is 9.50. The van der Waals surface area contributed by atoms with Gasteiger partial charge in [0.25, 0.3) is 0 Å². The van der Waals surface area contributed by atoms with Crippen molar-refractivity contribution in [2.75, 3.05) is 26.2 Å². The van der Waals surface area contributed by atoms with Crippen molar-refractivity contribution in [3.05, 3.63) is 36.0 Å². The van der Waals surface area contributed by atoms with Crippen LogP contribution in [-0.4, -0.2) is 42.1 Å². The Balaban J connectivity index is 1.33. The molecule has 0 amide bonds. The van der Waals surface area contributed by atoms with E-state index >= 15 is 0 Å². The fourth-order valence-corrected chi connectivity index (χ4v) is 4.24. The Morgan fingerprint density at radius 2 is 1.95 bits per heavy atom. The number of hydrogen-bond acceptors (Lipinski definition) is 2. The molecule has 22 heavy (non-hydrogen) atoms. The number of piperidine rings is 1. The number of nitrogens with zero attached hydrogens (tertiary/aromatic N) is 1. The minimum atomic E-state index is 0.733. The van der Waals surface area contributed by atoms with Gasteiger partial charge in [0.2, 0.25) is 0 Å². The highest BCUT2D eigenvalue weighted by Crippen LogP contribution is 2.33. The monoisotopic (exact) mass is 297 g/mol. The Labute approximate surface area is 133 Å². The number of nitrogens with one attached hydrogen (secondary N) is 2. The molecule has 1 atom stereocenters. The van der Waals surface area contributed by atoms with Crippen molar-refractivity contribution in [2.24, 2.45) is 0 Å². The van der Waals surface area contributed by atoms with E-state index in [0.717, 1.165) is 12.0 Å². The van der Waals surface area contributed by atoms with Crippen LogP contribution in [-0.2, 0) is 0 Å². The van der Waals surface area contributed by atoms with E-state index in [9.17, 15) is 0 Å². The normalized spacial score (nSPS) is 24.3. The van der Waals surface area contributed by atoms with E-state index in [4.69, 9.17) is 0 Å². The summed E-state index contributed by atoms with van der Waals surface area (Å²) in [5.41, 5.74) is 2.82. The number of hydrogen-bond donors (Lipinski definition) is 2. The number of rotatable bonds is 4. The quantitative estimate of drug-likeness (QED) is 0.905. The molecule has 2 saturated heterocycles. The molecule has 2 aliphatic heterocycles. The summed E-state index contributed by atoms with van der Waals surface area (Å²) >= 11 is 0. The molecular weight excluding hydrogens is 270 g/mol. The summed E-state index contributed by atoms with van der Waals surface area (Å²) in [7, 11) is 0. The first-order valence-electron chi connectivity index (χ1n) is 8.92. The minimum absolute atomic E-state index is 0.733. The number of H-pyrrole nitrogens is 1. The van der Waals surface area contributed by atoms with Gasteiger partial charge in [-0.1, -0.05) is 18.2 Å². The maximum atomic E-state index is 3.62. The Bertz CT molecular complexity index is 604. The van der Waals surface area contributed by atoms with Gasteiger partial charge < -0.3 is 15.2 Å². The molecule has 3 heteroatoms. The molecule has 3 nitrogen and oxygen atoms in total. The lowest BCUT2D eigenvalue weighted by molar-refractivity contribution is 0.204. The highest BCUT2D eigenvalue weighted by Gasteiger charge is 2.23. The minimum Gasteiger partial charge on any atom is -0.361 e. The van der Waals surface area contributed by atoms with Crippen LogP contribution in [0, 0.1) is 0 Å². The second-order valence-corrected chi connectivity index (χ2v) is 6.99. The second kappa shape index (κ2) is 6.43. The van der Waals surface area contributed by atoms with Crippen LogP contribution in [0.15, 0.2) is 30.5 Å². The summed E-state index contributed by atoms with van der Waals surface area (Å²) in [4.78, 5) is 6.11. The number of likely N-dealkylation sites (tertiary alicyclic amines) is 1. The SMILES string of the molecule is c1ccc2c(C3CCN(CCC4CCCN4)CC3)c[nH]c2c1. The number of benzene rings is 1. The molecule has 2 fully saturated rings. The van der Waals surface area contributed by atoms with Gasteiger partial charge in [-0.05, 0) is 75.8 Å². The van der Waals surface area contributed by atoms with Gasteiger partial charge in [-0.3, -0.25) is 0 Å². The fraction of sp³-hybridized carbons (Fsp3) is 0.579. The lowest BCUT2D eigenvalue weighted by Gasteiger charge is -2.32. The van der Waals surface area contributed by atoms with Crippen LogP contribution in [0.2, 0.25) is 0 Å². The van der Waals surface area contributed by atoms with Crippen molar-refractivity contribution in [1.29, 1.82) is 0 Å². The lowest BCUT2D eigenvalue weighted by Crippen LogP contribution is -2.36. The maximum absolute atomic E-state index is 3.62. The van der Waals surface area contributed by atoms with Crippen molar-refractivity contribution in [3.8, 4) is 0 Å². The van der Waals surface area contributed by atoms with E-state index < -0.39 is 0 Å². The van der Waals surface area contributed by atoms with E-state index in [2.05, 4.69) is 45.7 Å². The third-order valence-corrected chi connectivity index (χ3v) is 5.60. The van der Waals surface area contributed by atoms with E-state index in [-0.39, 0.29) is 0 Å². The Kier molecular flexibility index (Phi) is 4.17. The summed E-state index contributed by atoms with van der Waals surface area (Å²) in [6.07, 6.45) is 8.93. The highest BCUT2D eigenvalue weighted by molar-refractivity contribution is 5.83. The third kappa shape index (κ3) is 2.92. The van der Waals surface area contributed by atoms with Crippen molar-refractivity contribution in [2.45, 2.75) is 44.1 Å². The predicted octanol–water partition coefficient (Wildman–Crippen LogP) is 3.49. The molecule has 1 aromatic carbocycles. The molecule has 4 rings (SSSR count). The van der Waals surface area contributed by atoms with E-state index in [1.165, 1.54) is 74.7 Å². The second-order valence-electron chi connectivity index (χ2n) is 6.99. The standard InChI is InChI=1S/C19H27N3/c1-2-6-19-17(5-1)18(14-21-19)15-7-11-22(12-8-15)13-9-16-4-3-10-20-16/h1-2,5-6,14-16,20-21H,3-4,7-13H2. The molecule has 0 aliphatic carbocycles. The van der Waals surface area contributed by atoms with Gasteiger partial charge in [0.15, 0.2) is 0 Å². The molecule has 0 spiro atoms. The van der Waals surface area contributed by atoms with Gasteiger partial charge in [0.1, 0.15) is 0 Å². The number of para-hydroxylation sites is 1. The molecule has 0 saturated carbocycles. The first-order chi connectivity index (χ1) is 10.9. The predicted molar refractivity (Wildman–Crippen MR) is 92.4 cm³/mol. The number of fused-ring (bicyclic) bond motifs is 1. The lowest BCUT2D eigenvalue weighted by atomic mass is 9.89. The molecule has 2 aliphatic rings. The topological polar surface area (TPSA) is 31.1 Å². The molecule has 0 bridgehead atoms. The maximum Gasteiger partial charge on any atom is 0.0456 e. The Morgan fingerprint density at radius 3 is 2.77 bits per heavy atom. The molecular formula is C19H27N3. The van der Waals surface area contributed by atoms with Crippen LogP contribution in [0.5, 0.6) is 0 Å². The van der Waals surface area contributed by atoms with Gasteiger partial charge in [-0.2, -0.15) is 0 Å². The molecule has 0 radical (unpaired) electrons. The summed E-state index contributed by atoms with van der Waals surface area (Å²) in [5, 5.41) is 5.04. The zero-order valence-corrected chi connectivity index (χ0v) is 13.4. The summed E-state index contributed by atoms with van der Waals surface area (Å²) in [5.74, 6) is 0.733. The van der Waals surface area contributed by atoms with Gasteiger partial charge in [-0.15, -0.1) is 0 Å². The zero-order valence-electron chi connectivity index (χ0n) is 13.4. The van der Waals surface area contributed by atoms with Crippen LogP contribution in [0.25, 0.3) is 10.9 Å². The zero-order chi connectivity index (χ0) is 14.8. The Morgan fingerprint density at radius 1 is 1.09 bits per heavy atom.